The molecule has 0 aliphatic carbocycles. The average molecular weight is 285 g/mol. The fourth-order valence-electron chi connectivity index (χ4n) is 1.79. The van der Waals surface area contributed by atoms with E-state index in [1.165, 1.54) is 12.4 Å². The van der Waals surface area contributed by atoms with Crippen molar-refractivity contribution < 1.29 is 14.7 Å². The lowest BCUT2D eigenvalue weighted by Gasteiger charge is -2.14. The third-order valence-electron chi connectivity index (χ3n) is 2.90. The van der Waals surface area contributed by atoms with Gasteiger partial charge in [-0.05, 0) is 12.5 Å². The molecule has 1 aromatic heterocycles. The van der Waals surface area contributed by atoms with Crippen LogP contribution < -0.4 is 5.32 Å². The summed E-state index contributed by atoms with van der Waals surface area (Å²) in [5.41, 5.74) is 1.62. The highest BCUT2D eigenvalue weighted by Crippen LogP contribution is 2.04. The molecule has 1 heterocycles. The van der Waals surface area contributed by atoms with Gasteiger partial charge in [0.15, 0.2) is 0 Å². The molecule has 2 N–H and O–H groups in total. The largest absolute Gasteiger partial charge is 0.480 e. The maximum absolute atomic E-state index is 12.0. The van der Waals surface area contributed by atoms with Crippen LogP contribution >= 0.6 is 0 Å². The highest BCUT2D eigenvalue weighted by molar-refractivity contribution is 5.94. The van der Waals surface area contributed by atoms with Crippen LogP contribution in [0.25, 0.3) is 0 Å². The number of aryl methyl sites for hydroxylation is 1. The van der Waals surface area contributed by atoms with Gasteiger partial charge in [0.1, 0.15) is 11.7 Å². The van der Waals surface area contributed by atoms with Crippen molar-refractivity contribution in [1.29, 1.82) is 0 Å². The molecule has 0 aliphatic heterocycles. The van der Waals surface area contributed by atoms with Crippen molar-refractivity contribution >= 4 is 11.9 Å². The number of benzene rings is 1. The molecule has 2 rings (SSSR count). The Morgan fingerprint density at radius 2 is 1.90 bits per heavy atom. The molecule has 0 saturated heterocycles. The Labute approximate surface area is 121 Å². The van der Waals surface area contributed by atoms with Crippen molar-refractivity contribution in [1.82, 2.24) is 15.3 Å². The van der Waals surface area contributed by atoms with Crippen LogP contribution in [0.5, 0.6) is 0 Å². The van der Waals surface area contributed by atoms with Gasteiger partial charge in [-0.1, -0.05) is 30.3 Å². The minimum absolute atomic E-state index is 0.0971. The normalized spacial score (nSPS) is 11.7. The third kappa shape index (κ3) is 4.10. The molecule has 1 aromatic carbocycles. The van der Waals surface area contributed by atoms with Gasteiger partial charge in [0, 0.05) is 12.6 Å². The van der Waals surface area contributed by atoms with Gasteiger partial charge in [0.05, 0.1) is 11.9 Å². The van der Waals surface area contributed by atoms with E-state index in [1.807, 2.05) is 30.3 Å². The topological polar surface area (TPSA) is 92.2 Å². The summed E-state index contributed by atoms with van der Waals surface area (Å²) in [5.74, 6) is -1.64. The van der Waals surface area contributed by atoms with Crippen LogP contribution in [0.1, 0.15) is 21.7 Å². The fourth-order valence-corrected chi connectivity index (χ4v) is 1.79. The van der Waals surface area contributed by atoms with Gasteiger partial charge in [0.2, 0.25) is 0 Å². The summed E-state index contributed by atoms with van der Waals surface area (Å²) < 4.78 is 0. The Kier molecular flexibility index (Phi) is 4.61. The number of amides is 1. The SMILES string of the molecule is Cc1cnc(C(=O)N[C@@H](Cc2ccccc2)C(=O)O)cn1. The first-order valence-electron chi connectivity index (χ1n) is 6.42. The van der Waals surface area contributed by atoms with E-state index >= 15 is 0 Å². The van der Waals surface area contributed by atoms with Crippen LogP contribution in [0.3, 0.4) is 0 Å². The zero-order valence-electron chi connectivity index (χ0n) is 11.5. The highest BCUT2D eigenvalue weighted by Gasteiger charge is 2.21. The van der Waals surface area contributed by atoms with E-state index in [-0.39, 0.29) is 12.1 Å². The molecule has 2 aromatic rings. The predicted molar refractivity (Wildman–Crippen MR) is 75.8 cm³/mol. The van der Waals surface area contributed by atoms with Crippen molar-refractivity contribution in [3.8, 4) is 0 Å². The van der Waals surface area contributed by atoms with Gasteiger partial charge in [-0.2, -0.15) is 0 Å². The summed E-state index contributed by atoms with van der Waals surface area (Å²) >= 11 is 0. The molecule has 6 heteroatoms. The van der Waals surface area contributed by atoms with Crippen LogP contribution in [0, 0.1) is 6.92 Å². The molecule has 0 aliphatic rings. The van der Waals surface area contributed by atoms with Gasteiger partial charge < -0.3 is 10.4 Å². The summed E-state index contributed by atoms with van der Waals surface area (Å²) in [5, 5.41) is 11.7. The maximum Gasteiger partial charge on any atom is 0.326 e. The number of hydrogen-bond acceptors (Lipinski definition) is 4. The van der Waals surface area contributed by atoms with Crippen LogP contribution in [0.15, 0.2) is 42.7 Å². The molecule has 1 amide bonds. The Morgan fingerprint density at radius 3 is 2.48 bits per heavy atom. The number of nitrogens with zero attached hydrogens (tertiary/aromatic N) is 2. The number of aromatic nitrogens is 2. The van der Waals surface area contributed by atoms with Gasteiger partial charge in [-0.15, -0.1) is 0 Å². The molecule has 0 saturated carbocycles. The Bertz CT molecular complexity index is 626. The van der Waals surface area contributed by atoms with E-state index in [0.29, 0.717) is 5.69 Å². The second-order valence-electron chi connectivity index (χ2n) is 4.60. The summed E-state index contributed by atoms with van der Waals surface area (Å²) in [4.78, 5) is 31.2. The summed E-state index contributed by atoms with van der Waals surface area (Å²) in [6, 6.07) is 8.10. The molecule has 1 atom stereocenters. The zero-order chi connectivity index (χ0) is 15.2. The van der Waals surface area contributed by atoms with Gasteiger partial charge in [-0.25, -0.2) is 9.78 Å². The first kappa shape index (κ1) is 14.6. The molecule has 6 nitrogen and oxygen atoms in total. The first-order valence-corrected chi connectivity index (χ1v) is 6.42. The molecule has 0 radical (unpaired) electrons. The number of carbonyl (C=O) groups is 2. The Balaban J connectivity index is 2.07. The smallest absolute Gasteiger partial charge is 0.326 e. The molecule has 0 fully saturated rings. The van der Waals surface area contributed by atoms with Crippen molar-refractivity contribution in [3.05, 3.63) is 59.7 Å². The van der Waals surface area contributed by atoms with Crippen LogP contribution in [-0.2, 0) is 11.2 Å². The average Bonchev–Trinajstić information content (AvgIpc) is 2.48. The van der Waals surface area contributed by atoms with E-state index in [9.17, 15) is 14.7 Å². The summed E-state index contributed by atoms with van der Waals surface area (Å²) in [7, 11) is 0. The van der Waals surface area contributed by atoms with Crippen molar-refractivity contribution in [3.63, 3.8) is 0 Å². The van der Waals surface area contributed by atoms with E-state index in [2.05, 4.69) is 15.3 Å². The van der Waals surface area contributed by atoms with Gasteiger partial charge >= 0.3 is 5.97 Å². The van der Waals surface area contributed by atoms with E-state index < -0.39 is 17.9 Å². The number of aliphatic carboxylic acids is 1. The number of nitrogens with one attached hydrogen (secondary N) is 1. The molecule has 0 bridgehead atoms. The summed E-state index contributed by atoms with van der Waals surface area (Å²) in [6.07, 6.45) is 3.00. The number of hydrogen-bond donors (Lipinski definition) is 2. The van der Waals surface area contributed by atoms with E-state index in [4.69, 9.17) is 0 Å². The van der Waals surface area contributed by atoms with E-state index in [1.54, 1.807) is 6.92 Å². The first-order chi connectivity index (χ1) is 10.1. The maximum atomic E-state index is 12.0. The third-order valence-corrected chi connectivity index (χ3v) is 2.90. The van der Waals surface area contributed by atoms with Crippen molar-refractivity contribution in [2.75, 3.05) is 0 Å². The number of carboxylic acids is 1. The number of carboxylic acid groups (broad SMARTS) is 1. The Morgan fingerprint density at radius 1 is 1.19 bits per heavy atom. The molecule has 0 spiro atoms. The Hall–Kier alpha value is -2.76. The quantitative estimate of drug-likeness (QED) is 0.861. The lowest BCUT2D eigenvalue weighted by molar-refractivity contribution is -0.139. The number of carbonyl (C=O) groups excluding carboxylic acids is 1. The molecule has 108 valence electrons. The second-order valence-corrected chi connectivity index (χ2v) is 4.60. The lowest BCUT2D eigenvalue weighted by Crippen LogP contribution is -2.42. The number of rotatable bonds is 5. The van der Waals surface area contributed by atoms with Crippen LogP contribution in [0.2, 0.25) is 0 Å². The van der Waals surface area contributed by atoms with Crippen molar-refractivity contribution in [2.24, 2.45) is 0 Å². The standard InChI is InChI=1S/C15H15N3O3/c1-10-8-17-13(9-16-10)14(19)18-12(15(20)21)7-11-5-3-2-4-6-11/h2-6,8-9,12H,7H2,1H3,(H,18,19)(H,20,21)/t12-/m0/s1. The highest BCUT2D eigenvalue weighted by atomic mass is 16.4. The second kappa shape index (κ2) is 6.60. The molecular weight excluding hydrogens is 270 g/mol. The summed E-state index contributed by atoms with van der Waals surface area (Å²) in [6.45, 7) is 1.75. The minimum Gasteiger partial charge on any atom is -0.480 e. The monoisotopic (exact) mass is 285 g/mol. The molecule has 0 unspecified atom stereocenters. The molecular formula is C15H15N3O3. The zero-order valence-corrected chi connectivity index (χ0v) is 11.5. The van der Waals surface area contributed by atoms with Gasteiger partial charge in [0.25, 0.3) is 5.91 Å². The van der Waals surface area contributed by atoms with Crippen molar-refractivity contribution in [2.45, 2.75) is 19.4 Å². The fraction of sp³-hybridized carbons (Fsp3) is 0.200. The van der Waals surface area contributed by atoms with Gasteiger partial charge in [-0.3, -0.25) is 9.78 Å². The van der Waals surface area contributed by atoms with E-state index in [0.717, 1.165) is 5.56 Å². The minimum atomic E-state index is -1.09. The lowest BCUT2D eigenvalue weighted by atomic mass is 10.1. The van der Waals surface area contributed by atoms with Crippen LogP contribution in [0.4, 0.5) is 0 Å². The predicted octanol–water partition coefficient (Wildman–Crippen LogP) is 1.21. The van der Waals surface area contributed by atoms with Crippen LogP contribution in [-0.4, -0.2) is 33.0 Å². The molecule has 21 heavy (non-hydrogen) atoms.